The summed E-state index contributed by atoms with van der Waals surface area (Å²) in [5.74, 6) is 1.26. The summed E-state index contributed by atoms with van der Waals surface area (Å²) in [7, 11) is 1.64. The van der Waals surface area contributed by atoms with Crippen LogP contribution in [0.1, 0.15) is 37.3 Å². The van der Waals surface area contributed by atoms with Crippen molar-refractivity contribution < 1.29 is 14.6 Å². The highest BCUT2D eigenvalue weighted by Gasteiger charge is 2.40. The van der Waals surface area contributed by atoms with Crippen LogP contribution in [0.2, 0.25) is 0 Å². The van der Waals surface area contributed by atoms with Crippen LogP contribution in [0.4, 0.5) is 0 Å². The third-order valence-corrected chi connectivity index (χ3v) is 3.59. The fraction of sp³-hybridized carbons (Fsp3) is 0.571. The molecule has 1 aromatic rings. The van der Waals surface area contributed by atoms with Gasteiger partial charge in [-0.25, -0.2) is 0 Å². The number of methoxy groups -OCH3 is 1. The first-order valence-corrected chi connectivity index (χ1v) is 6.09. The van der Waals surface area contributed by atoms with E-state index in [-0.39, 0.29) is 0 Å². The predicted molar refractivity (Wildman–Crippen MR) is 66.4 cm³/mol. The second kappa shape index (κ2) is 4.67. The van der Waals surface area contributed by atoms with Crippen LogP contribution in [0.3, 0.4) is 0 Å². The minimum absolute atomic E-state index is 0.353. The molecule has 3 nitrogen and oxygen atoms in total. The number of benzene rings is 1. The van der Waals surface area contributed by atoms with Crippen LogP contribution in [0, 0.1) is 0 Å². The molecule has 0 aliphatic carbocycles. The first kappa shape index (κ1) is 12.4. The summed E-state index contributed by atoms with van der Waals surface area (Å²) in [5, 5.41) is 10.3. The molecule has 94 valence electrons. The first-order valence-electron chi connectivity index (χ1n) is 6.09. The molecule has 17 heavy (non-hydrogen) atoms. The van der Waals surface area contributed by atoms with Crippen LogP contribution in [0.15, 0.2) is 18.2 Å². The minimum atomic E-state index is -0.862. The third kappa shape index (κ3) is 2.17. The molecule has 1 heterocycles. The molecule has 0 amide bonds. The lowest BCUT2D eigenvalue weighted by Gasteiger charge is -2.37. The largest absolute Gasteiger partial charge is 0.496 e. The Morgan fingerprint density at radius 1 is 1.47 bits per heavy atom. The van der Waals surface area contributed by atoms with Gasteiger partial charge in [0.1, 0.15) is 11.4 Å². The molecule has 1 aliphatic rings. The van der Waals surface area contributed by atoms with Gasteiger partial charge in [-0.2, -0.15) is 0 Å². The van der Waals surface area contributed by atoms with E-state index in [9.17, 15) is 5.11 Å². The van der Waals surface area contributed by atoms with Gasteiger partial charge in [0.15, 0.2) is 0 Å². The van der Waals surface area contributed by atoms with Crippen LogP contribution >= 0.6 is 0 Å². The topological polar surface area (TPSA) is 38.7 Å². The maximum Gasteiger partial charge on any atom is 0.140 e. The van der Waals surface area contributed by atoms with Crippen molar-refractivity contribution in [2.45, 2.75) is 31.8 Å². The van der Waals surface area contributed by atoms with Crippen molar-refractivity contribution in [3.63, 3.8) is 0 Å². The molecule has 1 saturated heterocycles. The van der Waals surface area contributed by atoms with E-state index in [1.165, 1.54) is 5.56 Å². The van der Waals surface area contributed by atoms with Crippen molar-refractivity contribution in [1.29, 1.82) is 0 Å². The zero-order valence-electron chi connectivity index (χ0n) is 10.7. The second-order valence-electron chi connectivity index (χ2n) is 4.79. The van der Waals surface area contributed by atoms with Crippen molar-refractivity contribution in [1.82, 2.24) is 0 Å². The fourth-order valence-electron chi connectivity index (χ4n) is 2.09. The summed E-state index contributed by atoms with van der Waals surface area (Å²) in [5.41, 5.74) is 1.22. The molecular weight excluding hydrogens is 216 g/mol. The SMILES string of the molecule is CCC(C)c1ccc(C2(O)COC2)c(OC)c1. The minimum Gasteiger partial charge on any atom is -0.496 e. The van der Waals surface area contributed by atoms with Crippen molar-refractivity contribution in [2.75, 3.05) is 20.3 Å². The van der Waals surface area contributed by atoms with Gasteiger partial charge in [0.2, 0.25) is 0 Å². The van der Waals surface area contributed by atoms with Crippen LogP contribution in [0.5, 0.6) is 5.75 Å². The zero-order valence-corrected chi connectivity index (χ0v) is 10.7. The monoisotopic (exact) mass is 236 g/mol. The number of ether oxygens (including phenoxy) is 2. The van der Waals surface area contributed by atoms with E-state index in [1.54, 1.807) is 7.11 Å². The van der Waals surface area contributed by atoms with Crippen molar-refractivity contribution in [3.05, 3.63) is 29.3 Å². The summed E-state index contributed by atoms with van der Waals surface area (Å²) in [6.45, 7) is 5.06. The Balaban J connectivity index is 2.35. The molecule has 1 unspecified atom stereocenters. The van der Waals surface area contributed by atoms with Gasteiger partial charge in [-0.15, -0.1) is 0 Å². The van der Waals surface area contributed by atoms with Gasteiger partial charge < -0.3 is 14.6 Å². The average Bonchev–Trinajstić information content (AvgIpc) is 2.34. The Bertz CT molecular complexity index is 396. The van der Waals surface area contributed by atoms with Crippen molar-refractivity contribution in [3.8, 4) is 5.75 Å². The van der Waals surface area contributed by atoms with Gasteiger partial charge in [-0.1, -0.05) is 26.0 Å². The quantitative estimate of drug-likeness (QED) is 0.872. The Labute approximate surface area is 102 Å². The second-order valence-corrected chi connectivity index (χ2v) is 4.79. The van der Waals surface area contributed by atoms with Crippen molar-refractivity contribution >= 4 is 0 Å². The molecule has 0 saturated carbocycles. The summed E-state index contributed by atoms with van der Waals surface area (Å²) < 4.78 is 10.5. The molecule has 0 spiro atoms. The van der Waals surface area contributed by atoms with E-state index in [4.69, 9.17) is 9.47 Å². The molecule has 1 N–H and O–H groups in total. The summed E-state index contributed by atoms with van der Waals surface area (Å²) in [6, 6.07) is 6.06. The Morgan fingerprint density at radius 3 is 2.65 bits per heavy atom. The Kier molecular flexibility index (Phi) is 3.40. The van der Waals surface area contributed by atoms with E-state index in [0.717, 1.165) is 17.7 Å². The zero-order chi connectivity index (χ0) is 12.5. The highest BCUT2D eigenvalue weighted by molar-refractivity contribution is 5.43. The lowest BCUT2D eigenvalue weighted by Crippen LogP contribution is -2.46. The van der Waals surface area contributed by atoms with Crippen LogP contribution in [-0.4, -0.2) is 25.4 Å². The summed E-state index contributed by atoms with van der Waals surface area (Å²) >= 11 is 0. The van der Waals surface area contributed by atoms with Gasteiger partial charge in [0, 0.05) is 5.56 Å². The molecule has 1 aliphatic heterocycles. The number of hydrogen-bond donors (Lipinski definition) is 1. The lowest BCUT2D eigenvalue weighted by molar-refractivity contribution is -0.185. The first-order chi connectivity index (χ1) is 8.10. The number of aliphatic hydroxyl groups is 1. The predicted octanol–water partition coefficient (Wildman–Crippen LogP) is 2.43. The van der Waals surface area contributed by atoms with Gasteiger partial charge >= 0.3 is 0 Å². The van der Waals surface area contributed by atoms with E-state index >= 15 is 0 Å². The van der Waals surface area contributed by atoms with Crippen LogP contribution in [0.25, 0.3) is 0 Å². The maximum atomic E-state index is 10.3. The van der Waals surface area contributed by atoms with Crippen LogP contribution in [-0.2, 0) is 10.3 Å². The molecule has 1 aromatic carbocycles. The van der Waals surface area contributed by atoms with Gasteiger partial charge in [0.25, 0.3) is 0 Å². The Morgan fingerprint density at radius 2 is 2.18 bits per heavy atom. The molecule has 3 heteroatoms. The summed E-state index contributed by atoms with van der Waals surface area (Å²) in [4.78, 5) is 0. The fourth-order valence-corrected chi connectivity index (χ4v) is 2.09. The molecule has 0 radical (unpaired) electrons. The molecule has 1 fully saturated rings. The number of hydrogen-bond acceptors (Lipinski definition) is 3. The normalized spacial score (nSPS) is 19.5. The molecule has 2 rings (SSSR count). The molecule has 0 aromatic heterocycles. The van der Waals surface area contributed by atoms with Crippen LogP contribution < -0.4 is 4.74 Å². The molecule has 1 atom stereocenters. The average molecular weight is 236 g/mol. The third-order valence-electron chi connectivity index (χ3n) is 3.59. The smallest absolute Gasteiger partial charge is 0.140 e. The molecular formula is C14H20O3. The van der Waals surface area contributed by atoms with E-state index in [0.29, 0.717) is 19.1 Å². The summed E-state index contributed by atoms with van der Waals surface area (Å²) in [6.07, 6.45) is 1.09. The number of rotatable bonds is 4. The van der Waals surface area contributed by atoms with Crippen molar-refractivity contribution in [2.24, 2.45) is 0 Å². The van der Waals surface area contributed by atoms with E-state index < -0.39 is 5.60 Å². The highest BCUT2D eigenvalue weighted by atomic mass is 16.5. The molecule has 0 bridgehead atoms. The maximum absolute atomic E-state index is 10.3. The lowest BCUT2D eigenvalue weighted by atomic mass is 9.88. The van der Waals surface area contributed by atoms with E-state index in [2.05, 4.69) is 19.9 Å². The van der Waals surface area contributed by atoms with E-state index in [1.807, 2.05) is 12.1 Å². The van der Waals surface area contributed by atoms with Gasteiger partial charge in [0.05, 0.1) is 20.3 Å². The standard InChI is InChI=1S/C14H20O3/c1-4-10(2)11-5-6-12(13(7-11)16-3)14(15)8-17-9-14/h5-7,10,15H,4,8-9H2,1-3H3. The van der Waals surface area contributed by atoms with Gasteiger partial charge in [-0.05, 0) is 24.0 Å². The van der Waals surface area contributed by atoms with Gasteiger partial charge in [-0.3, -0.25) is 0 Å². The Hall–Kier alpha value is -1.06. The highest BCUT2D eigenvalue weighted by Crippen LogP contribution is 2.37.